The lowest BCUT2D eigenvalue weighted by Crippen LogP contribution is -2.37. The Balaban J connectivity index is 2.67. The fourth-order valence-corrected chi connectivity index (χ4v) is 1.55. The minimum absolute atomic E-state index is 0.0568. The molecule has 0 aromatic carbocycles. The molecule has 0 fully saturated rings. The van der Waals surface area contributed by atoms with E-state index in [2.05, 4.69) is 0 Å². The number of rotatable bonds is 1. The van der Waals surface area contributed by atoms with Gasteiger partial charge in [0.2, 0.25) is 0 Å². The third-order valence-electron chi connectivity index (χ3n) is 2.42. The van der Waals surface area contributed by atoms with Crippen LogP contribution in [0.5, 0.6) is 0 Å². The second-order valence-electron chi connectivity index (χ2n) is 5.08. The molecule has 0 saturated heterocycles. The van der Waals surface area contributed by atoms with E-state index in [1.165, 1.54) is 4.90 Å². The minimum atomic E-state index is -0.486. The molecule has 0 aromatic rings. The van der Waals surface area contributed by atoms with E-state index in [0.29, 0.717) is 13.0 Å². The van der Waals surface area contributed by atoms with E-state index >= 15 is 0 Å². The van der Waals surface area contributed by atoms with Crippen molar-refractivity contribution < 1.29 is 14.3 Å². The van der Waals surface area contributed by atoms with Crippen molar-refractivity contribution in [2.45, 2.75) is 39.7 Å². The lowest BCUT2D eigenvalue weighted by atomic mass is 9.96. The number of ether oxygens (including phenoxy) is 1. The molecule has 1 aliphatic rings. The van der Waals surface area contributed by atoms with Gasteiger partial charge in [-0.3, -0.25) is 4.90 Å². The van der Waals surface area contributed by atoms with Crippen LogP contribution in [-0.4, -0.2) is 29.4 Å². The molecule has 90 valence electrons. The number of hydrogen-bond acceptors (Lipinski definition) is 3. The molecule has 1 amide bonds. The van der Waals surface area contributed by atoms with Crippen LogP contribution in [0, 0.1) is 5.92 Å². The number of allylic oxidation sites excluding steroid dienone is 1. The van der Waals surface area contributed by atoms with Gasteiger partial charge in [-0.1, -0.05) is 0 Å². The van der Waals surface area contributed by atoms with Crippen molar-refractivity contribution in [3.05, 3.63) is 11.8 Å². The Labute approximate surface area is 96.3 Å². The summed E-state index contributed by atoms with van der Waals surface area (Å²) in [4.78, 5) is 24.0. The standard InChI is InChI=1S/C12H19NO3/c1-9-7-13(6-5-10(9)8-14)11(15)16-12(2,3)4/h7-8,10H,5-6H2,1-4H3. The Hall–Kier alpha value is -1.32. The topological polar surface area (TPSA) is 46.6 Å². The van der Waals surface area contributed by atoms with Crippen LogP contribution in [0.2, 0.25) is 0 Å². The zero-order chi connectivity index (χ0) is 12.3. The molecule has 0 bridgehead atoms. The van der Waals surface area contributed by atoms with E-state index in [-0.39, 0.29) is 12.0 Å². The number of carbonyl (C=O) groups is 2. The van der Waals surface area contributed by atoms with Crippen molar-refractivity contribution in [2.75, 3.05) is 6.54 Å². The molecule has 1 rings (SSSR count). The van der Waals surface area contributed by atoms with Crippen molar-refractivity contribution in [2.24, 2.45) is 5.92 Å². The molecular weight excluding hydrogens is 206 g/mol. The summed E-state index contributed by atoms with van der Waals surface area (Å²) in [6, 6.07) is 0. The normalized spacial score (nSPS) is 21.4. The summed E-state index contributed by atoms with van der Waals surface area (Å²) in [7, 11) is 0. The van der Waals surface area contributed by atoms with Crippen molar-refractivity contribution in [1.82, 2.24) is 4.90 Å². The Kier molecular flexibility index (Phi) is 3.73. The molecular formula is C12H19NO3. The average Bonchev–Trinajstić information content (AvgIpc) is 2.15. The molecule has 0 radical (unpaired) electrons. The summed E-state index contributed by atoms with van der Waals surface area (Å²) in [5.74, 6) is -0.0568. The van der Waals surface area contributed by atoms with Gasteiger partial charge in [0.25, 0.3) is 0 Å². The highest BCUT2D eigenvalue weighted by Gasteiger charge is 2.25. The highest BCUT2D eigenvalue weighted by molar-refractivity contribution is 5.70. The van der Waals surface area contributed by atoms with E-state index < -0.39 is 5.60 Å². The fourth-order valence-electron chi connectivity index (χ4n) is 1.55. The van der Waals surface area contributed by atoms with E-state index in [4.69, 9.17) is 4.74 Å². The molecule has 0 N–H and O–H groups in total. The molecule has 4 heteroatoms. The van der Waals surface area contributed by atoms with Gasteiger partial charge in [-0.25, -0.2) is 4.79 Å². The third kappa shape index (κ3) is 3.36. The molecule has 1 unspecified atom stereocenters. The van der Waals surface area contributed by atoms with Gasteiger partial charge in [-0.2, -0.15) is 0 Å². The van der Waals surface area contributed by atoms with Gasteiger partial charge in [0.1, 0.15) is 11.9 Å². The molecule has 16 heavy (non-hydrogen) atoms. The summed E-state index contributed by atoms with van der Waals surface area (Å²) in [5, 5.41) is 0. The summed E-state index contributed by atoms with van der Waals surface area (Å²) >= 11 is 0. The number of hydrogen-bond donors (Lipinski definition) is 0. The molecule has 4 nitrogen and oxygen atoms in total. The van der Waals surface area contributed by atoms with Gasteiger partial charge in [0, 0.05) is 18.7 Å². The largest absolute Gasteiger partial charge is 0.443 e. The Morgan fingerprint density at radius 3 is 2.62 bits per heavy atom. The molecule has 0 spiro atoms. The number of nitrogens with zero attached hydrogens (tertiary/aromatic N) is 1. The van der Waals surface area contributed by atoms with E-state index in [0.717, 1.165) is 11.9 Å². The predicted octanol–water partition coefficient (Wildman–Crippen LogP) is 2.35. The lowest BCUT2D eigenvalue weighted by Gasteiger charge is -2.29. The first-order valence-corrected chi connectivity index (χ1v) is 5.47. The SMILES string of the molecule is CC1=CN(C(=O)OC(C)(C)C)CCC1C=O. The summed E-state index contributed by atoms with van der Waals surface area (Å²) < 4.78 is 5.25. The van der Waals surface area contributed by atoms with Gasteiger partial charge in [0.05, 0.1) is 0 Å². The fraction of sp³-hybridized carbons (Fsp3) is 0.667. The van der Waals surface area contributed by atoms with Crippen LogP contribution in [0.3, 0.4) is 0 Å². The van der Waals surface area contributed by atoms with Crippen LogP contribution in [0.1, 0.15) is 34.1 Å². The maximum absolute atomic E-state index is 11.7. The molecule has 0 aromatic heterocycles. The molecule has 1 heterocycles. The first-order chi connectivity index (χ1) is 7.33. The second kappa shape index (κ2) is 4.68. The van der Waals surface area contributed by atoms with Crippen molar-refractivity contribution in [3.63, 3.8) is 0 Å². The maximum atomic E-state index is 11.7. The quantitative estimate of drug-likeness (QED) is 0.643. The Morgan fingerprint density at radius 1 is 1.56 bits per heavy atom. The Bertz CT molecular complexity index is 315. The monoisotopic (exact) mass is 225 g/mol. The summed E-state index contributed by atoms with van der Waals surface area (Å²) in [6.07, 6.45) is 2.95. The third-order valence-corrected chi connectivity index (χ3v) is 2.42. The summed E-state index contributed by atoms with van der Waals surface area (Å²) in [6.45, 7) is 7.89. The Morgan fingerprint density at radius 2 is 2.19 bits per heavy atom. The lowest BCUT2D eigenvalue weighted by molar-refractivity contribution is -0.110. The average molecular weight is 225 g/mol. The van der Waals surface area contributed by atoms with Crippen molar-refractivity contribution >= 4 is 12.4 Å². The van der Waals surface area contributed by atoms with E-state index in [9.17, 15) is 9.59 Å². The van der Waals surface area contributed by atoms with Gasteiger partial charge in [-0.05, 0) is 39.7 Å². The van der Waals surface area contributed by atoms with Crippen LogP contribution in [0.25, 0.3) is 0 Å². The number of carbonyl (C=O) groups excluding carboxylic acids is 2. The molecule has 0 aliphatic carbocycles. The number of amides is 1. The van der Waals surface area contributed by atoms with Crippen LogP contribution in [0.4, 0.5) is 4.79 Å². The zero-order valence-electron chi connectivity index (χ0n) is 10.3. The van der Waals surface area contributed by atoms with E-state index in [1.807, 2.05) is 27.7 Å². The highest BCUT2D eigenvalue weighted by Crippen LogP contribution is 2.21. The first kappa shape index (κ1) is 12.7. The van der Waals surface area contributed by atoms with Crippen LogP contribution in [0.15, 0.2) is 11.8 Å². The first-order valence-electron chi connectivity index (χ1n) is 5.47. The van der Waals surface area contributed by atoms with Crippen LogP contribution in [-0.2, 0) is 9.53 Å². The van der Waals surface area contributed by atoms with Gasteiger partial charge < -0.3 is 9.53 Å². The molecule has 1 atom stereocenters. The highest BCUT2D eigenvalue weighted by atomic mass is 16.6. The van der Waals surface area contributed by atoms with Gasteiger partial charge in [0.15, 0.2) is 0 Å². The van der Waals surface area contributed by atoms with E-state index in [1.54, 1.807) is 6.20 Å². The van der Waals surface area contributed by atoms with Crippen molar-refractivity contribution in [3.8, 4) is 0 Å². The van der Waals surface area contributed by atoms with Gasteiger partial charge in [-0.15, -0.1) is 0 Å². The smallest absolute Gasteiger partial charge is 0.414 e. The van der Waals surface area contributed by atoms with Gasteiger partial charge >= 0.3 is 6.09 Å². The van der Waals surface area contributed by atoms with Crippen LogP contribution >= 0.6 is 0 Å². The summed E-state index contributed by atoms with van der Waals surface area (Å²) in [5.41, 5.74) is 0.424. The molecule has 1 aliphatic heterocycles. The van der Waals surface area contributed by atoms with Crippen LogP contribution < -0.4 is 0 Å². The second-order valence-corrected chi connectivity index (χ2v) is 5.08. The minimum Gasteiger partial charge on any atom is -0.443 e. The molecule has 0 saturated carbocycles. The maximum Gasteiger partial charge on any atom is 0.414 e. The number of aldehydes is 1. The predicted molar refractivity (Wildman–Crippen MR) is 60.9 cm³/mol. The van der Waals surface area contributed by atoms with Crippen molar-refractivity contribution in [1.29, 1.82) is 0 Å². The zero-order valence-corrected chi connectivity index (χ0v) is 10.3.